The fraction of sp³-hybridized carbons (Fsp3) is 0.294. The second kappa shape index (κ2) is 8.47. The van der Waals surface area contributed by atoms with Crippen LogP contribution in [0.25, 0.3) is 0 Å². The summed E-state index contributed by atoms with van der Waals surface area (Å²) in [5, 5.41) is 3.65. The molecule has 1 unspecified atom stereocenters. The molecule has 1 nitrogen and oxygen atoms in total. The Morgan fingerprint density at radius 2 is 1.52 bits per heavy atom. The molecule has 0 radical (unpaired) electrons. The van der Waals surface area contributed by atoms with Crippen molar-refractivity contribution >= 4 is 47.8 Å². The summed E-state index contributed by atoms with van der Waals surface area (Å²) < 4.78 is 3.33. The highest BCUT2D eigenvalue weighted by Gasteiger charge is 2.13. The quantitative estimate of drug-likeness (QED) is 0.520. The predicted octanol–water partition coefficient (Wildman–Crippen LogP) is 6.26. The maximum atomic E-state index is 3.65. The van der Waals surface area contributed by atoms with Crippen molar-refractivity contribution in [2.24, 2.45) is 0 Å². The van der Waals surface area contributed by atoms with Crippen molar-refractivity contribution in [1.82, 2.24) is 5.32 Å². The molecule has 0 fully saturated rings. The van der Waals surface area contributed by atoms with Gasteiger partial charge in [0.1, 0.15) is 0 Å². The Kier molecular flexibility index (Phi) is 6.93. The molecule has 2 rings (SSSR count). The highest BCUT2D eigenvalue weighted by Crippen LogP contribution is 2.26. The number of hydrogen-bond donors (Lipinski definition) is 1. The van der Waals surface area contributed by atoms with Crippen molar-refractivity contribution in [2.45, 2.75) is 25.8 Å². The van der Waals surface area contributed by atoms with E-state index in [1.54, 1.807) is 0 Å². The fourth-order valence-corrected chi connectivity index (χ4v) is 3.85. The highest BCUT2D eigenvalue weighted by atomic mass is 79.9. The van der Waals surface area contributed by atoms with Gasteiger partial charge in [0.2, 0.25) is 0 Å². The van der Waals surface area contributed by atoms with E-state index < -0.39 is 0 Å². The second-order valence-corrected chi connectivity index (χ2v) is 7.79. The van der Waals surface area contributed by atoms with Gasteiger partial charge in [0.15, 0.2) is 0 Å². The van der Waals surface area contributed by atoms with Crippen LogP contribution < -0.4 is 5.32 Å². The largest absolute Gasteiger partial charge is 0.310 e. The molecule has 0 aliphatic rings. The van der Waals surface area contributed by atoms with Crippen molar-refractivity contribution in [3.05, 3.63) is 67.0 Å². The Balaban J connectivity index is 2.22. The van der Waals surface area contributed by atoms with Gasteiger partial charge in [-0.05, 0) is 60.8 Å². The summed E-state index contributed by atoms with van der Waals surface area (Å²) in [4.78, 5) is 0. The van der Waals surface area contributed by atoms with Crippen molar-refractivity contribution < 1.29 is 0 Å². The average molecular weight is 476 g/mol. The molecule has 4 heteroatoms. The molecule has 0 bridgehead atoms. The molecule has 1 atom stereocenters. The topological polar surface area (TPSA) is 12.0 Å². The molecule has 112 valence electrons. The van der Waals surface area contributed by atoms with Gasteiger partial charge in [0.05, 0.1) is 0 Å². The van der Waals surface area contributed by atoms with Crippen molar-refractivity contribution in [3.63, 3.8) is 0 Å². The average Bonchev–Trinajstić information content (AvgIpc) is 2.44. The number of halogens is 3. The molecule has 2 aromatic rings. The van der Waals surface area contributed by atoms with Crippen LogP contribution in [0.2, 0.25) is 0 Å². The standard InChI is InChI=1S/C17H18Br3N/c1-2-7-21-17(8-12-3-5-14(18)6-4-12)13-9-15(19)11-16(20)10-13/h3-6,9-11,17,21H,2,7-8H2,1H3. The summed E-state index contributed by atoms with van der Waals surface area (Å²) in [6.45, 7) is 3.21. The van der Waals surface area contributed by atoms with Crippen molar-refractivity contribution in [2.75, 3.05) is 6.54 Å². The van der Waals surface area contributed by atoms with Crippen molar-refractivity contribution in [3.8, 4) is 0 Å². The van der Waals surface area contributed by atoms with E-state index in [0.717, 1.165) is 32.8 Å². The smallest absolute Gasteiger partial charge is 0.0361 e. The van der Waals surface area contributed by atoms with Crippen LogP contribution in [-0.4, -0.2) is 6.54 Å². The zero-order valence-corrected chi connectivity index (χ0v) is 16.6. The lowest BCUT2D eigenvalue weighted by Gasteiger charge is -2.20. The number of rotatable bonds is 6. The predicted molar refractivity (Wildman–Crippen MR) is 101 cm³/mol. The monoisotopic (exact) mass is 473 g/mol. The zero-order chi connectivity index (χ0) is 15.2. The SMILES string of the molecule is CCCNC(Cc1ccc(Br)cc1)c1cc(Br)cc(Br)c1. The van der Waals surface area contributed by atoms with Crippen LogP contribution in [0.4, 0.5) is 0 Å². The normalized spacial score (nSPS) is 12.4. The van der Waals surface area contributed by atoms with Crippen molar-refractivity contribution in [1.29, 1.82) is 0 Å². The molecule has 0 aliphatic heterocycles. The molecule has 0 spiro atoms. The van der Waals surface area contributed by atoms with Crippen LogP contribution in [0.15, 0.2) is 55.9 Å². The van der Waals surface area contributed by atoms with Crippen LogP contribution in [0, 0.1) is 0 Å². The Labute approximate surface area is 151 Å². The summed E-state index contributed by atoms with van der Waals surface area (Å²) in [6, 6.07) is 15.3. The van der Waals surface area contributed by atoms with E-state index in [1.165, 1.54) is 11.1 Å². The maximum absolute atomic E-state index is 3.65. The third kappa shape index (κ3) is 5.51. The summed E-state index contributed by atoms with van der Waals surface area (Å²) >= 11 is 10.7. The van der Waals surface area contributed by atoms with Crippen LogP contribution >= 0.6 is 47.8 Å². The van der Waals surface area contributed by atoms with Crippen LogP contribution in [0.3, 0.4) is 0 Å². The molecular weight excluding hydrogens is 458 g/mol. The first-order valence-electron chi connectivity index (χ1n) is 7.02. The molecule has 0 aliphatic carbocycles. The van der Waals surface area contributed by atoms with Crippen LogP contribution in [-0.2, 0) is 6.42 Å². The van der Waals surface area contributed by atoms with Gasteiger partial charge in [-0.3, -0.25) is 0 Å². The molecule has 21 heavy (non-hydrogen) atoms. The first kappa shape index (κ1) is 17.2. The Hall–Kier alpha value is -0.160. The third-order valence-electron chi connectivity index (χ3n) is 3.28. The molecule has 0 heterocycles. The summed E-state index contributed by atoms with van der Waals surface area (Å²) in [7, 11) is 0. The van der Waals surface area contributed by atoms with Crippen LogP contribution in [0.1, 0.15) is 30.5 Å². The van der Waals surface area contributed by atoms with Gasteiger partial charge >= 0.3 is 0 Å². The zero-order valence-electron chi connectivity index (χ0n) is 11.9. The van der Waals surface area contributed by atoms with Gasteiger partial charge in [-0.2, -0.15) is 0 Å². The summed E-state index contributed by atoms with van der Waals surface area (Å²) in [6.07, 6.45) is 2.11. The van der Waals surface area contributed by atoms with E-state index in [-0.39, 0.29) is 0 Å². The van der Waals surface area contributed by atoms with E-state index in [0.29, 0.717) is 6.04 Å². The molecule has 0 aromatic heterocycles. The molecular formula is C17H18Br3N. The van der Waals surface area contributed by atoms with E-state index in [9.17, 15) is 0 Å². The maximum Gasteiger partial charge on any atom is 0.0361 e. The van der Waals surface area contributed by atoms with E-state index >= 15 is 0 Å². The molecule has 0 saturated heterocycles. The van der Waals surface area contributed by atoms with E-state index in [2.05, 4.69) is 102 Å². The third-order valence-corrected chi connectivity index (χ3v) is 4.73. The molecule has 0 saturated carbocycles. The highest BCUT2D eigenvalue weighted by molar-refractivity contribution is 9.11. The van der Waals surface area contributed by atoms with Gasteiger partial charge in [-0.1, -0.05) is 66.8 Å². The van der Waals surface area contributed by atoms with Gasteiger partial charge in [-0.15, -0.1) is 0 Å². The molecule has 0 amide bonds. The van der Waals surface area contributed by atoms with Crippen LogP contribution in [0.5, 0.6) is 0 Å². The minimum Gasteiger partial charge on any atom is -0.310 e. The van der Waals surface area contributed by atoms with Gasteiger partial charge < -0.3 is 5.32 Å². The molecule has 2 aromatic carbocycles. The lowest BCUT2D eigenvalue weighted by molar-refractivity contribution is 0.529. The number of nitrogens with one attached hydrogen (secondary N) is 1. The van der Waals surface area contributed by atoms with E-state index in [1.807, 2.05) is 0 Å². The first-order valence-corrected chi connectivity index (χ1v) is 9.40. The minimum absolute atomic E-state index is 0.319. The van der Waals surface area contributed by atoms with Gasteiger partial charge in [-0.25, -0.2) is 0 Å². The Morgan fingerprint density at radius 3 is 2.10 bits per heavy atom. The Morgan fingerprint density at radius 1 is 0.905 bits per heavy atom. The van der Waals surface area contributed by atoms with Gasteiger partial charge in [0, 0.05) is 19.5 Å². The first-order chi connectivity index (χ1) is 10.1. The lowest BCUT2D eigenvalue weighted by Crippen LogP contribution is -2.24. The van der Waals surface area contributed by atoms with Gasteiger partial charge in [0.25, 0.3) is 0 Å². The summed E-state index contributed by atoms with van der Waals surface area (Å²) in [5.41, 5.74) is 2.63. The number of hydrogen-bond acceptors (Lipinski definition) is 1. The Bertz CT molecular complexity index is 561. The molecule has 1 N–H and O–H groups in total. The summed E-state index contributed by atoms with van der Waals surface area (Å²) in [5.74, 6) is 0. The minimum atomic E-state index is 0.319. The lowest BCUT2D eigenvalue weighted by atomic mass is 9.99. The number of benzene rings is 2. The second-order valence-electron chi connectivity index (χ2n) is 5.04. The van der Waals surface area contributed by atoms with E-state index in [4.69, 9.17) is 0 Å². The fourth-order valence-electron chi connectivity index (χ4n) is 2.26.